The molecular formula is C19H21N3O3. The average Bonchev–Trinajstić information content (AvgIpc) is 2.87. The number of para-hydroxylation sites is 1. The van der Waals surface area contributed by atoms with Crippen LogP contribution in [0.25, 0.3) is 10.9 Å². The largest absolute Gasteiger partial charge is 0.481 e. The van der Waals surface area contributed by atoms with E-state index in [0.29, 0.717) is 25.9 Å². The molecular weight excluding hydrogens is 318 g/mol. The maximum atomic E-state index is 12.1. The number of anilines is 1. The van der Waals surface area contributed by atoms with Gasteiger partial charge in [0, 0.05) is 31.9 Å². The fourth-order valence-corrected chi connectivity index (χ4v) is 4.34. The Balaban J connectivity index is 1.57. The van der Waals surface area contributed by atoms with Gasteiger partial charge < -0.3 is 14.9 Å². The number of carboxylic acids is 1. The van der Waals surface area contributed by atoms with Crippen LogP contribution in [0.15, 0.2) is 36.4 Å². The normalized spacial score (nSPS) is 22.8. The molecule has 130 valence electrons. The van der Waals surface area contributed by atoms with Gasteiger partial charge in [0.15, 0.2) is 0 Å². The lowest BCUT2D eigenvalue weighted by Gasteiger charge is -2.45. The zero-order valence-electron chi connectivity index (χ0n) is 14.2. The fraction of sp³-hybridized carbons (Fsp3) is 0.421. The number of aromatic nitrogens is 1. The van der Waals surface area contributed by atoms with Gasteiger partial charge in [0.1, 0.15) is 5.82 Å². The van der Waals surface area contributed by atoms with Crippen LogP contribution >= 0.6 is 0 Å². The highest BCUT2D eigenvalue weighted by molar-refractivity contribution is 5.88. The molecule has 0 bridgehead atoms. The van der Waals surface area contributed by atoms with Crippen molar-refractivity contribution in [3.05, 3.63) is 36.4 Å². The predicted octanol–water partition coefficient (Wildman–Crippen LogP) is 2.14. The summed E-state index contributed by atoms with van der Waals surface area (Å²) in [5, 5.41) is 10.7. The number of piperidine rings is 1. The summed E-state index contributed by atoms with van der Waals surface area (Å²) in [6.45, 7) is 1.40. The van der Waals surface area contributed by atoms with Crippen LogP contribution in [0.5, 0.6) is 0 Å². The van der Waals surface area contributed by atoms with Gasteiger partial charge in [-0.3, -0.25) is 9.59 Å². The lowest BCUT2D eigenvalue weighted by atomic mass is 9.77. The zero-order valence-corrected chi connectivity index (χ0v) is 14.2. The summed E-state index contributed by atoms with van der Waals surface area (Å²) >= 11 is 0. The minimum absolute atomic E-state index is 0.0651. The quantitative estimate of drug-likeness (QED) is 0.907. The topological polar surface area (TPSA) is 73.7 Å². The molecule has 6 heteroatoms. The number of benzene rings is 1. The van der Waals surface area contributed by atoms with Gasteiger partial charge in [-0.1, -0.05) is 18.2 Å². The number of fused-ring (bicyclic) bond motifs is 1. The molecule has 1 amide bonds. The zero-order chi connectivity index (χ0) is 17.6. The summed E-state index contributed by atoms with van der Waals surface area (Å²) in [5.74, 6) is -0.635. The van der Waals surface area contributed by atoms with Crippen LogP contribution < -0.4 is 4.90 Å². The van der Waals surface area contributed by atoms with Crippen LogP contribution in [0.2, 0.25) is 0 Å². The van der Waals surface area contributed by atoms with Crippen molar-refractivity contribution in [1.29, 1.82) is 0 Å². The maximum Gasteiger partial charge on any atom is 0.309 e. The van der Waals surface area contributed by atoms with Gasteiger partial charge in [0.05, 0.1) is 17.0 Å². The molecule has 2 saturated heterocycles. The van der Waals surface area contributed by atoms with E-state index in [1.165, 1.54) is 0 Å². The van der Waals surface area contributed by atoms with Gasteiger partial charge in [-0.25, -0.2) is 4.98 Å². The predicted molar refractivity (Wildman–Crippen MR) is 94.4 cm³/mol. The van der Waals surface area contributed by atoms with Crippen molar-refractivity contribution in [2.24, 2.45) is 5.92 Å². The molecule has 2 aliphatic rings. The van der Waals surface area contributed by atoms with E-state index in [2.05, 4.69) is 11.0 Å². The Labute approximate surface area is 146 Å². The molecule has 6 nitrogen and oxygen atoms in total. The molecule has 1 aromatic carbocycles. The van der Waals surface area contributed by atoms with E-state index in [1.807, 2.05) is 30.3 Å². The second-order valence-electron chi connectivity index (χ2n) is 7.00. The minimum atomic E-state index is -0.866. The van der Waals surface area contributed by atoms with E-state index in [4.69, 9.17) is 4.98 Å². The number of pyridine rings is 1. The Morgan fingerprint density at radius 3 is 2.64 bits per heavy atom. The van der Waals surface area contributed by atoms with Gasteiger partial charge in [-0.05, 0) is 31.0 Å². The third-order valence-electron chi connectivity index (χ3n) is 5.90. The molecule has 0 radical (unpaired) electrons. The number of hydrogen-bond donors (Lipinski definition) is 1. The molecule has 0 saturated carbocycles. The Morgan fingerprint density at radius 2 is 1.92 bits per heavy atom. The van der Waals surface area contributed by atoms with Crippen molar-refractivity contribution in [2.75, 3.05) is 25.0 Å². The number of likely N-dealkylation sites (tertiary alicyclic amines) is 1. The molecule has 1 spiro atoms. The first-order chi connectivity index (χ1) is 12.0. The van der Waals surface area contributed by atoms with Gasteiger partial charge in [-0.2, -0.15) is 0 Å². The number of aliphatic carboxylic acids is 1. The third kappa shape index (κ3) is 2.44. The fourth-order valence-electron chi connectivity index (χ4n) is 4.34. The average molecular weight is 339 g/mol. The highest BCUT2D eigenvalue weighted by atomic mass is 16.4. The van der Waals surface area contributed by atoms with Crippen molar-refractivity contribution in [1.82, 2.24) is 9.88 Å². The number of amides is 1. The first-order valence-corrected chi connectivity index (χ1v) is 8.61. The summed E-state index contributed by atoms with van der Waals surface area (Å²) in [6, 6.07) is 12.1. The molecule has 1 aromatic heterocycles. The van der Waals surface area contributed by atoms with Crippen LogP contribution in [-0.2, 0) is 9.59 Å². The number of nitrogens with zero attached hydrogens (tertiary/aromatic N) is 3. The first kappa shape index (κ1) is 15.9. The van der Waals surface area contributed by atoms with E-state index < -0.39 is 17.4 Å². The molecule has 1 unspecified atom stereocenters. The molecule has 0 aliphatic carbocycles. The first-order valence-electron chi connectivity index (χ1n) is 8.61. The molecule has 2 fully saturated rings. The molecule has 1 N–H and O–H groups in total. The molecule has 1 atom stereocenters. The van der Waals surface area contributed by atoms with Crippen molar-refractivity contribution >= 4 is 28.6 Å². The molecule has 2 aliphatic heterocycles. The van der Waals surface area contributed by atoms with E-state index in [0.717, 1.165) is 16.7 Å². The van der Waals surface area contributed by atoms with Crippen LogP contribution in [0.1, 0.15) is 19.3 Å². The summed E-state index contributed by atoms with van der Waals surface area (Å²) in [6.07, 6.45) is 1.42. The van der Waals surface area contributed by atoms with Gasteiger partial charge in [0.25, 0.3) is 0 Å². The van der Waals surface area contributed by atoms with Gasteiger partial charge in [0.2, 0.25) is 5.91 Å². The summed E-state index contributed by atoms with van der Waals surface area (Å²) in [7, 11) is 1.75. The number of hydrogen-bond acceptors (Lipinski definition) is 4. The molecule has 25 heavy (non-hydrogen) atoms. The summed E-state index contributed by atoms with van der Waals surface area (Å²) < 4.78 is 0. The number of rotatable bonds is 2. The van der Waals surface area contributed by atoms with Crippen LogP contribution in [0.3, 0.4) is 0 Å². The molecule has 2 aromatic rings. The summed E-state index contributed by atoms with van der Waals surface area (Å²) in [4.78, 5) is 32.4. The maximum absolute atomic E-state index is 12.1. The Hall–Kier alpha value is -2.63. The van der Waals surface area contributed by atoms with E-state index in [-0.39, 0.29) is 12.3 Å². The van der Waals surface area contributed by atoms with Crippen LogP contribution in [0.4, 0.5) is 5.82 Å². The lowest BCUT2D eigenvalue weighted by molar-refractivity contribution is -0.145. The van der Waals surface area contributed by atoms with Crippen molar-refractivity contribution in [3.63, 3.8) is 0 Å². The Morgan fingerprint density at radius 1 is 1.20 bits per heavy atom. The van der Waals surface area contributed by atoms with Crippen molar-refractivity contribution in [2.45, 2.75) is 24.8 Å². The van der Waals surface area contributed by atoms with Crippen LogP contribution in [0, 0.1) is 5.92 Å². The van der Waals surface area contributed by atoms with Crippen molar-refractivity contribution < 1.29 is 14.7 Å². The van der Waals surface area contributed by atoms with E-state index in [1.54, 1.807) is 11.9 Å². The van der Waals surface area contributed by atoms with Crippen LogP contribution in [-0.4, -0.2) is 52.5 Å². The SMILES string of the molecule is CN1C(=O)CC(C(=O)O)C12CCN(c1ccc3ccccc3n1)CC2. The Bertz CT molecular complexity index is 843. The van der Waals surface area contributed by atoms with E-state index in [9.17, 15) is 14.7 Å². The van der Waals surface area contributed by atoms with Gasteiger partial charge >= 0.3 is 5.97 Å². The lowest BCUT2D eigenvalue weighted by Crippen LogP contribution is -2.56. The number of carboxylic acid groups (broad SMARTS) is 1. The smallest absolute Gasteiger partial charge is 0.309 e. The second kappa shape index (κ2) is 5.72. The minimum Gasteiger partial charge on any atom is -0.481 e. The molecule has 4 rings (SSSR count). The number of carbonyl (C=O) groups is 2. The highest BCUT2D eigenvalue weighted by Gasteiger charge is 2.55. The third-order valence-corrected chi connectivity index (χ3v) is 5.90. The van der Waals surface area contributed by atoms with Crippen molar-refractivity contribution in [3.8, 4) is 0 Å². The second-order valence-corrected chi connectivity index (χ2v) is 7.00. The number of carbonyl (C=O) groups excluding carboxylic acids is 1. The summed E-state index contributed by atoms with van der Waals surface area (Å²) in [5.41, 5.74) is 0.396. The molecule has 3 heterocycles. The Kier molecular flexibility index (Phi) is 3.63. The highest BCUT2D eigenvalue weighted by Crippen LogP contribution is 2.43. The standard InChI is InChI=1S/C19H21N3O3/c1-21-17(23)12-14(18(24)25)19(21)8-10-22(11-9-19)16-7-6-13-4-2-3-5-15(13)20-16/h2-7,14H,8-12H2,1H3,(H,24,25). The monoisotopic (exact) mass is 339 g/mol. The van der Waals surface area contributed by atoms with E-state index >= 15 is 0 Å². The van der Waals surface area contributed by atoms with Gasteiger partial charge in [-0.15, -0.1) is 0 Å².